The standard InChI is InChI=1S/C18H17F3N2O3/c19-18(20,21)9-8-12-4-1-2-5-13(12)22-17(24)23-14-6-3-7-15-16(14)26-11-10-25-15/h1-7H,8-11H2,(H2,22,23,24). The van der Waals surface area contributed by atoms with E-state index in [9.17, 15) is 18.0 Å². The van der Waals surface area contributed by atoms with Crippen LogP contribution in [0.5, 0.6) is 11.5 Å². The van der Waals surface area contributed by atoms with Crippen LogP contribution in [0.15, 0.2) is 42.5 Å². The Balaban J connectivity index is 1.69. The molecule has 1 aliphatic rings. The van der Waals surface area contributed by atoms with E-state index in [0.717, 1.165) is 0 Å². The third-order valence-corrected chi connectivity index (χ3v) is 3.76. The highest BCUT2D eigenvalue weighted by Crippen LogP contribution is 2.37. The Morgan fingerprint density at radius 1 is 0.962 bits per heavy atom. The molecule has 0 saturated heterocycles. The highest BCUT2D eigenvalue weighted by Gasteiger charge is 2.27. The van der Waals surface area contributed by atoms with Gasteiger partial charge in [-0.1, -0.05) is 24.3 Å². The predicted octanol–water partition coefficient (Wildman–Crippen LogP) is 4.60. The summed E-state index contributed by atoms with van der Waals surface area (Å²) in [7, 11) is 0. The second-order valence-corrected chi connectivity index (χ2v) is 5.68. The second-order valence-electron chi connectivity index (χ2n) is 5.68. The Morgan fingerprint density at radius 3 is 2.46 bits per heavy atom. The number of hydrogen-bond donors (Lipinski definition) is 2. The van der Waals surface area contributed by atoms with E-state index in [2.05, 4.69) is 10.6 Å². The number of anilines is 2. The van der Waals surface area contributed by atoms with Crippen LogP contribution in [-0.4, -0.2) is 25.4 Å². The molecule has 1 heterocycles. The van der Waals surface area contributed by atoms with Crippen LogP contribution in [0.2, 0.25) is 0 Å². The summed E-state index contributed by atoms with van der Waals surface area (Å²) in [6.07, 6.45) is -5.42. The Bertz CT molecular complexity index is 793. The number of ether oxygens (including phenoxy) is 2. The van der Waals surface area contributed by atoms with Gasteiger partial charge in [-0.2, -0.15) is 13.2 Å². The van der Waals surface area contributed by atoms with Gasteiger partial charge >= 0.3 is 12.2 Å². The van der Waals surface area contributed by atoms with Gasteiger partial charge in [0, 0.05) is 12.1 Å². The lowest BCUT2D eigenvalue weighted by atomic mass is 10.1. The van der Waals surface area contributed by atoms with Crippen molar-refractivity contribution in [3.8, 4) is 11.5 Å². The van der Waals surface area contributed by atoms with Crippen LogP contribution in [0.25, 0.3) is 0 Å². The van der Waals surface area contributed by atoms with Gasteiger partial charge in [-0.3, -0.25) is 0 Å². The fraction of sp³-hybridized carbons (Fsp3) is 0.278. The lowest BCUT2D eigenvalue weighted by molar-refractivity contribution is -0.133. The van der Waals surface area contributed by atoms with Gasteiger partial charge in [0.2, 0.25) is 0 Å². The van der Waals surface area contributed by atoms with Gasteiger partial charge in [0.15, 0.2) is 11.5 Å². The van der Waals surface area contributed by atoms with Crippen molar-refractivity contribution in [2.24, 2.45) is 0 Å². The zero-order chi connectivity index (χ0) is 18.6. The first-order chi connectivity index (χ1) is 12.4. The molecule has 138 valence electrons. The zero-order valence-corrected chi connectivity index (χ0v) is 13.7. The van der Waals surface area contributed by atoms with Crippen molar-refractivity contribution in [2.75, 3.05) is 23.8 Å². The summed E-state index contributed by atoms with van der Waals surface area (Å²) in [4.78, 5) is 12.3. The Kier molecular flexibility index (Phi) is 5.20. The molecule has 2 N–H and O–H groups in total. The monoisotopic (exact) mass is 366 g/mol. The van der Waals surface area contributed by atoms with Crippen LogP contribution >= 0.6 is 0 Å². The average molecular weight is 366 g/mol. The Hall–Kier alpha value is -2.90. The number of fused-ring (bicyclic) bond motifs is 1. The Morgan fingerprint density at radius 2 is 1.65 bits per heavy atom. The van der Waals surface area contributed by atoms with E-state index >= 15 is 0 Å². The minimum atomic E-state index is -4.25. The number of aryl methyl sites for hydroxylation is 1. The normalized spacial score (nSPS) is 13.2. The summed E-state index contributed by atoms with van der Waals surface area (Å²) in [6, 6.07) is 10.9. The van der Waals surface area contributed by atoms with E-state index in [1.807, 2.05) is 0 Å². The van der Waals surface area contributed by atoms with Crippen molar-refractivity contribution in [1.29, 1.82) is 0 Å². The number of alkyl halides is 3. The third-order valence-electron chi connectivity index (χ3n) is 3.76. The summed E-state index contributed by atoms with van der Waals surface area (Å²) in [5.41, 5.74) is 1.17. The van der Waals surface area contributed by atoms with Crippen LogP contribution in [0, 0.1) is 0 Å². The number of para-hydroxylation sites is 2. The maximum Gasteiger partial charge on any atom is 0.389 e. The molecule has 5 nitrogen and oxygen atoms in total. The van der Waals surface area contributed by atoms with Gasteiger partial charge in [0.1, 0.15) is 13.2 Å². The molecule has 0 unspecified atom stereocenters. The number of benzene rings is 2. The number of carbonyl (C=O) groups is 1. The first-order valence-corrected chi connectivity index (χ1v) is 8.04. The van der Waals surface area contributed by atoms with Crippen molar-refractivity contribution < 1.29 is 27.4 Å². The first-order valence-electron chi connectivity index (χ1n) is 8.04. The summed E-state index contributed by atoms with van der Waals surface area (Å²) in [5, 5.41) is 5.23. The van der Waals surface area contributed by atoms with Crippen molar-refractivity contribution in [3.05, 3.63) is 48.0 Å². The molecule has 0 saturated carbocycles. The topological polar surface area (TPSA) is 59.6 Å². The SMILES string of the molecule is O=C(Nc1ccccc1CCC(F)(F)F)Nc1cccc2c1OCCO2. The molecule has 2 amide bonds. The highest BCUT2D eigenvalue weighted by atomic mass is 19.4. The van der Waals surface area contributed by atoms with Crippen LogP contribution in [0.4, 0.5) is 29.3 Å². The lowest BCUT2D eigenvalue weighted by Crippen LogP contribution is -2.22. The minimum Gasteiger partial charge on any atom is -0.486 e. The molecule has 0 radical (unpaired) electrons. The average Bonchev–Trinajstić information content (AvgIpc) is 2.60. The van der Waals surface area contributed by atoms with E-state index in [1.54, 1.807) is 42.5 Å². The third kappa shape index (κ3) is 4.59. The van der Waals surface area contributed by atoms with Crippen molar-refractivity contribution in [2.45, 2.75) is 19.0 Å². The molecule has 2 aromatic carbocycles. The smallest absolute Gasteiger partial charge is 0.389 e. The molecule has 0 spiro atoms. The maximum absolute atomic E-state index is 12.5. The van der Waals surface area contributed by atoms with Gasteiger partial charge in [0.05, 0.1) is 5.69 Å². The predicted molar refractivity (Wildman–Crippen MR) is 90.9 cm³/mol. The van der Waals surface area contributed by atoms with Crippen molar-refractivity contribution in [1.82, 2.24) is 0 Å². The molecule has 2 aromatic rings. The van der Waals surface area contributed by atoms with Gasteiger partial charge in [0.25, 0.3) is 0 Å². The van der Waals surface area contributed by atoms with Crippen molar-refractivity contribution in [3.63, 3.8) is 0 Å². The summed E-state index contributed by atoms with van der Waals surface area (Å²) < 4.78 is 48.3. The number of amides is 2. The minimum absolute atomic E-state index is 0.211. The molecule has 0 atom stereocenters. The number of halogens is 3. The van der Waals surface area contributed by atoms with Gasteiger partial charge < -0.3 is 20.1 Å². The number of carbonyl (C=O) groups excluding carboxylic acids is 1. The van der Waals surface area contributed by atoms with E-state index in [1.165, 1.54) is 0 Å². The van der Waals surface area contributed by atoms with Crippen molar-refractivity contribution >= 4 is 17.4 Å². The highest BCUT2D eigenvalue weighted by molar-refractivity contribution is 6.01. The van der Waals surface area contributed by atoms with E-state index in [-0.39, 0.29) is 6.42 Å². The fourth-order valence-corrected chi connectivity index (χ4v) is 2.58. The molecular formula is C18H17F3N2O3. The zero-order valence-electron chi connectivity index (χ0n) is 13.7. The molecule has 1 aliphatic heterocycles. The first kappa shape index (κ1) is 17.9. The number of hydrogen-bond acceptors (Lipinski definition) is 3. The molecule has 8 heteroatoms. The fourth-order valence-electron chi connectivity index (χ4n) is 2.58. The maximum atomic E-state index is 12.5. The van der Waals surface area contributed by atoms with Gasteiger partial charge in [-0.15, -0.1) is 0 Å². The molecule has 3 rings (SSSR count). The number of rotatable bonds is 4. The second kappa shape index (κ2) is 7.55. The van der Waals surface area contributed by atoms with Crippen LogP contribution in [0.1, 0.15) is 12.0 Å². The molecule has 26 heavy (non-hydrogen) atoms. The number of nitrogens with one attached hydrogen (secondary N) is 2. The largest absolute Gasteiger partial charge is 0.486 e. The molecule has 0 aliphatic carbocycles. The quantitative estimate of drug-likeness (QED) is 0.832. The van der Waals surface area contributed by atoms with Crippen LogP contribution in [-0.2, 0) is 6.42 Å². The lowest BCUT2D eigenvalue weighted by Gasteiger charge is -2.21. The summed E-state index contributed by atoms with van der Waals surface area (Å²) in [5.74, 6) is 0.957. The molecule has 0 bridgehead atoms. The van der Waals surface area contributed by atoms with Crippen LogP contribution in [0.3, 0.4) is 0 Å². The van der Waals surface area contributed by atoms with E-state index < -0.39 is 18.6 Å². The van der Waals surface area contributed by atoms with Gasteiger partial charge in [-0.05, 0) is 30.2 Å². The Labute approximate surface area is 148 Å². The van der Waals surface area contributed by atoms with Crippen LogP contribution < -0.4 is 20.1 Å². The van der Waals surface area contributed by atoms with E-state index in [0.29, 0.717) is 41.7 Å². The van der Waals surface area contributed by atoms with E-state index in [4.69, 9.17) is 9.47 Å². The number of urea groups is 1. The summed E-state index contributed by atoms with van der Waals surface area (Å²) >= 11 is 0. The van der Waals surface area contributed by atoms with Gasteiger partial charge in [-0.25, -0.2) is 4.79 Å². The molecule has 0 aromatic heterocycles. The summed E-state index contributed by atoms with van der Waals surface area (Å²) in [6.45, 7) is 0.794. The molecular weight excluding hydrogens is 349 g/mol. The molecule has 0 fully saturated rings.